The highest BCUT2D eigenvalue weighted by molar-refractivity contribution is 6.31. The van der Waals surface area contributed by atoms with Gasteiger partial charge in [-0.05, 0) is 88.2 Å². The smallest absolute Gasteiger partial charge is 0.338 e. The molecular formula is C40H36Cl2N12O8. The third-order valence-corrected chi connectivity index (χ3v) is 10.4. The number of ether oxygens (including phenoxy) is 6. The quantitative estimate of drug-likeness (QED) is 0.0424. The van der Waals surface area contributed by atoms with E-state index in [0.29, 0.717) is 10.0 Å². The summed E-state index contributed by atoms with van der Waals surface area (Å²) in [5, 5.41) is 16.2. The minimum Gasteiger partial charge on any atom is -0.454 e. The molecule has 1 aliphatic carbocycles. The molecule has 0 amide bonds. The first kappa shape index (κ1) is 45.0. The van der Waals surface area contributed by atoms with Gasteiger partial charge in [-0.15, -0.1) is 0 Å². The fraction of sp³-hybridized carbons (Fsp3) is 0.350. The number of halogens is 2. The Balaban J connectivity index is 1.43. The number of nitrogens with zero attached hydrogens (tertiary/aromatic N) is 12. The molecule has 4 aromatic carbocycles. The summed E-state index contributed by atoms with van der Waals surface area (Å²) in [4.78, 5) is 39.5. The molecule has 2 fully saturated rings. The third kappa shape index (κ3) is 11.6. The second-order valence-corrected chi connectivity index (χ2v) is 14.7. The molecule has 0 bridgehead atoms. The maximum absolute atomic E-state index is 13.9. The lowest BCUT2D eigenvalue weighted by molar-refractivity contribution is -0.300. The van der Waals surface area contributed by atoms with Crippen LogP contribution in [0.15, 0.2) is 130 Å². The molecule has 6 rings (SSSR count). The van der Waals surface area contributed by atoms with Gasteiger partial charge in [0.1, 0.15) is 24.4 Å². The maximum atomic E-state index is 13.9. The van der Waals surface area contributed by atoms with Crippen molar-refractivity contribution in [2.75, 3.05) is 6.54 Å². The van der Waals surface area contributed by atoms with Gasteiger partial charge in [0.25, 0.3) is 0 Å². The van der Waals surface area contributed by atoms with E-state index in [1.54, 1.807) is 0 Å². The Morgan fingerprint density at radius 2 is 1.08 bits per heavy atom. The van der Waals surface area contributed by atoms with Crippen molar-refractivity contribution >= 4 is 35.1 Å². The predicted molar refractivity (Wildman–Crippen MR) is 222 cm³/mol. The van der Waals surface area contributed by atoms with Gasteiger partial charge >= 0.3 is 11.9 Å². The molecule has 4 aromatic rings. The molecule has 0 N–H and O–H groups in total. The molecule has 318 valence electrons. The van der Waals surface area contributed by atoms with Crippen LogP contribution in [0.1, 0.15) is 38.3 Å². The molecule has 20 nitrogen and oxygen atoms in total. The molecule has 0 aromatic heterocycles. The Hall–Kier alpha value is -6.52. The molecule has 1 heterocycles. The summed E-state index contributed by atoms with van der Waals surface area (Å²) < 4.78 is 38.0. The highest BCUT2D eigenvalue weighted by Crippen LogP contribution is 2.38. The second-order valence-electron chi connectivity index (χ2n) is 13.8. The van der Waals surface area contributed by atoms with E-state index in [4.69, 9.17) is 51.6 Å². The minimum absolute atomic E-state index is 0.00220. The number of hydrogen-bond donors (Lipinski definition) is 0. The molecule has 22 heteroatoms. The first-order valence-corrected chi connectivity index (χ1v) is 19.7. The van der Waals surface area contributed by atoms with Gasteiger partial charge < -0.3 is 28.4 Å². The second kappa shape index (κ2) is 22.4. The van der Waals surface area contributed by atoms with Crippen molar-refractivity contribution in [1.82, 2.24) is 0 Å². The van der Waals surface area contributed by atoms with Crippen LogP contribution in [0.4, 0.5) is 0 Å². The largest absolute Gasteiger partial charge is 0.454 e. The van der Waals surface area contributed by atoms with Crippen LogP contribution in [0.3, 0.4) is 0 Å². The van der Waals surface area contributed by atoms with E-state index < -0.39 is 73.0 Å². The molecular weight excluding hydrogens is 847 g/mol. The van der Waals surface area contributed by atoms with Crippen molar-refractivity contribution in [2.45, 2.75) is 80.7 Å². The highest BCUT2D eigenvalue weighted by atomic mass is 35.5. The normalized spacial score (nSPS) is 25.3. The zero-order chi connectivity index (χ0) is 43.8. The zero-order valence-electron chi connectivity index (χ0n) is 32.4. The fourth-order valence-corrected chi connectivity index (χ4v) is 7.28. The summed E-state index contributed by atoms with van der Waals surface area (Å²) in [5.74, 6) is -1.87. The molecule has 0 radical (unpaired) electrons. The van der Waals surface area contributed by atoms with Crippen LogP contribution >= 0.6 is 23.2 Å². The number of rotatable bonds is 17. The third-order valence-electron chi connectivity index (χ3n) is 9.92. The average Bonchev–Trinajstić information content (AvgIpc) is 3.28. The molecule has 1 aliphatic heterocycles. The maximum Gasteiger partial charge on any atom is 0.338 e. The molecule has 62 heavy (non-hydrogen) atoms. The Morgan fingerprint density at radius 3 is 1.58 bits per heavy atom. The van der Waals surface area contributed by atoms with Crippen LogP contribution in [0.5, 0.6) is 0 Å². The summed E-state index contributed by atoms with van der Waals surface area (Å²) in [6.07, 6.45) is -10.1. The van der Waals surface area contributed by atoms with Crippen molar-refractivity contribution in [3.05, 3.63) is 183 Å². The van der Waals surface area contributed by atoms with E-state index in [1.165, 1.54) is 48.5 Å². The van der Waals surface area contributed by atoms with E-state index in [1.807, 2.05) is 60.7 Å². The minimum atomic E-state index is -1.70. The van der Waals surface area contributed by atoms with Crippen molar-refractivity contribution in [1.29, 1.82) is 0 Å². The molecule has 1 saturated carbocycles. The number of azide groups is 4. The highest BCUT2D eigenvalue weighted by Gasteiger charge is 2.54. The lowest BCUT2D eigenvalue weighted by Crippen LogP contribution is -2.64. The van der Waals surface area contributed by atoms with Gasteiger partial charge in [0.15, 0.2) is 18.5 Å². The van der Waals surface area contributed by atoms with Gasteiger partial charge in [0, 0.05) is 29.7 Å². The molecule has 2 aliphatic rings. The van der Waals surface area contributed by atoms with Crippen molar-refractivity contribution < 1.29 is 38.0 Å². The monoisotopic (exact) mass is 882 g/mol. The summed E-state index contributed by atoms with van der Waals surface area (Å²) in [6, 6.07) is 25.7. The van der Waals surface area contributed by atoms with Crippen LogP contribution in [-0.4, -0.2) is 79.5 Å². The van der Waals surface area contributed by atoms with Crippen LogP contribution in [-0.2, 0) is 41.6 Å². The number of benzene rings is 4. The number of carbonyl (C=O) groups is 2. The SMILES string of the molecule is [N-]=[N+]=NC[C@H]1O[C@H](O[C@H]2[C@H](OC(=O)c3ccc(Cl)cc3)[C@@H](OC(=O)c3ccc(Cl)cc3)[C@H](N=[N+]=[N-])C[C@@H]2N=[N+]=[N-])[C@H](N=[N+]=[N-])[C@@H](OCc2ccccc2)[C@@H]1OCc1ccccc1. The van der Waals surface area contributed by atoms with E-state index in [2.05, 4.69) is 40.1 Å². The number of carbonyl (C=O) groups excluding carboxylic acids is 2. The topological polar surface area (TPSA) is 285 Å². The zero-order valence-corrected chi connectivity index (χ0v) is 33.9. The van der Waals surface area contributed by atoms with E-state index in [0.717, 1.165) is 11.1 Å². The predicted octanol–water partition coefficient (Wildman–Crippen LogP) is 9.78. The van der Waals surface area contributed by atoms with Crippen molar-refractivity contribution in [3.63, 3.8) is 0 Å². The van der Waals surface area contributed by atoms with Gasteiger partial charge in [0.2, 0.25) is 0 Å². The van der Waals surface area contributed by atoms with Crippen molar-refractivity contribution in [2.24, 2.45) is 20.5 Å². The summed E-state index contributed by atoms with van der Waals surface area (Å²) in [7, 11) is 0. The first-order chi connectivity index (χ1) is 30.2. The lowest BCUT2D eigenvalue weighted by Gasteiger charge is -2.48. The summed E-state index contributed by atoms with van der Waals surface area (Å²) in [6.45, 7) is -0.269. The van der Waals surface area contributed by atoms with Crippen LogP contribution < -0.4 is 0 Å². The Bertz CT molecular complexity index is 2350. The number of hydrogen-bond acceptors (Lipinski definition) is 12. The fourth-order valence-electron chi connectivity index (χ4n) is 7.03. The van der Waals surface area contributed by atoms with Crippen LogP contribution in [0.2, 0.25) is 10.0 Å². The van der Waals surface area contributed by atoms with E-state index in [9.17, 15) is 31.7 Å². The average molecular weight is 884 g/mol. The van der Waals surface area contributed by atoms with Crippen molar-refractivity contribution in [3.8, 4) is 0 Å². The molecule has 1 saturated heterocycles. The number of esters is 2. The Kier molecular flexibility index (Phi) is 16.2. The van der Waals surface area contributed by atoms with Crippen LogP contribution in [0.25, 0.3) is 41.8 Å². The van der Waals surface area contributed by atoms with Gasteiger partial charge in [-0.3, -0.25) is 0 Å². The molecule has 0 spiro atoms. The lowest BCUT2D eigenvalue weighted by atomic mass is 9.83. The van der Waals surface area contributed by atoms with Gasteiger partial charge in [-0.25, -0.2) is 9.59 Å². The summed E-state index contributed by atoms with van der Waals surface area (Å²) >= 11 is 12.1. The molecule has 10 atom stereocenters. The first-order valence-electron chi connectivity index (χ1n) is 18.9. The Morgan fingerprint density at radius 1 is 0.597 bits per heavy atom. The Labute approximate surface area is 363 Å². The molecule has 0 unspecified atom stereocenters. The van der Waals surface area contributed by atoms with Gasteiger partial charge in [0.05, 0.1) is 49.1 Å². The summed E-state index contributed by atoms with van der Waals surface area (Å²) in [5.41, 5.74) is 40.5. The van der Waals surface area contributed by atoms with Gasteiger partial charge in [-0.1, -0.05) is 104 Å². The van der Waals surface area contributed by atoms with E-state index in [-0.39, 0.29) is 37.3 Å². The van der Waals surface area contributed by atoms with Crippen LogP contribution in [0, 0.1) is 0 Å². The standard InChI is InChI=1S/C40H36Cl2N12O8/c41-27-15-11-25(12-16-27)38(55)60-33-29(48-52-44)19-30(49-53-45)34(37(33)61-39(56)26-13-17-28(42)18-14-26)62-40-32(50-54-46)36(58-22-24-9-5-2-6-10-24)35(31(59-40)20-47-51-43)57-21-23-7-3-1-4-8-23/h1-18,29-37,40H,19-22H2/t29-,30+,31-,32-,33+,34-,35-,36-,37-,40-/m1/s1. The van der Waals surface area contributed by atoms with E-state index >= 15 is 0 Å². The van der Waals surface area contributed by atoms with Gasteiger partial charge in [-0.2, -0.15) is 0 Å².